The Morgan fingerprint density at radius 1 is 1.00 bits per heavy atom. The van der Waals surface area contributed by atoms with Crippen LogP contribution in [0.2, 0.25) is 0 Å². The van der Waals surface area contributed by atoms with Gasteiger partial charge in [0.2, 0.25) is 5.91 Å². The van der Waals surface area contributed by atoms with Gasteiger partial charge in [0.25, 0.3) is 11.1 Å². The quantitative estimate of drug-likeness (QED) is 0.573. The maximum atomic E-state index is 12.4. The first-order chi connectivity index (χ1) is 12.6. The number of aromatic amines is 1. The van der Waals surface area contributed by atoms with E-state index >= 15 is 0 Å². The van der Waals surface area contributed by atoms with Gasteiger partial charge in [0, 0.05) is 5.39 Å². The summed E-state index contributed by atoms with van der Waals surface area (Å²) >= 11 is 0. The standard InChI is InChI=1S/C18H13N5O3/c24-16(9-15-11-5-1-2-6-12(11)17(25)21-20-15)22-23-10-19-14-8-4-3-7-13(14)18(23)26/h1-8,10H,9H2,(H,21,25)(H,22,24). The lowest BCUT2D eigenvalue weighted by molar-refractivity contribution is -0.116. The van der Waals surface area contributed by atoms with E-state index in [0.29, 0.717) is 27.4 Å². The van der Waals surface area contributed by atoms with Crippen molar-refractivity contribution in [3.8, 4) is 0 Å². The molecule has 0 saturated heterocycles. The van der Waals surface area contributed by atoms with Crippen molar-refractivity contribution in [2.45, 2.75) is 6.42 Å². The van der Waals surface area contributed by atoms with E-state index in [-0.39, 0.29) is 17.5 Å². The molecule has 0 saturated carbocycles. The number of hydrogen-bond donors (Lipinski definition) is 2. The van der Waals surface area contributed by atoms with Crippen LogP contribution in [0, 0.1) is 0 Å². The van der Waals surface area contributed by atoms with Gasteiger partial charge in [-0.05, 0) is 18.2 Å². The summed E-state index contributed by atoms with van der Waals surface area (Å²) in [6.07, 6.45) is 1.16. The van der Waals surface area contributed by atoms with E-state index in [9.17, 15) is 14.4 Å². The number of H-pyrrole nitrogens is 1. The van der Waals surface area contributed by atoms with Crippen LogP contribution in [0.3, 0.4) is 0 Å². The fourth-order valence-electron chi connectivity index (χ4n) is 2.78. The van der Waals surface area contributed by atoms with E-state index in [4.69, 9.17) is 0 Å². The molecule has 1 amide bonds. The fraction of sp³-hybridized carbons (Fsp3) is 0.0556. The van der Waals surface area contributed by atoms with E-state index < -0.39 is 5.91 Å². The fourth-order valence-corrected chi connectivity index (χ4v) is 2.78. The Hall–Kier alpha value is -3.81. The highest BCUT2D eigenvalue weighted by molar-refractivity contribution is 5.91. The lowest BCUT2D eigenvalue weighted by atomic mass is 10.1. The highest BCUT2D eigenvalue weighted by Crippen LogP contribution is 2.12. The van der Waals surface area contributed by atoms with Crippen LogP contribution in [0.15, 0.2) is 64.4 Å². The van der Waals surface area contributed by atoms with Crippen molar-refractivity contribution in [2.75, 3.05) is 5.43 Å². The second kappa shape index (κ2) is 6.25. The maximum Gasteiger partial charge on any atom is 0.280 e. The van der Waals surface area contributed by atoms with Crippen molar-refractivity contribution in [1.29, 1.82) is 0 Å². The third-order valence-corrected chi connectivity index (χ3v) is 4.01. The number of hydrogen-bond acceptors (Lipinski definition) is 5. The average molecular weight is 347 g/mol. The van der Waals surface area contributed by atoms with E-state index in [1.54, 1.807) is 48.5 Å². The number of carbonyl (C=O) groups excluding carboxylic acids is 1. The molecule has 8 nitrogen and oxygen atoms in total. The molecular formula is C18H13N5O3. The van der Waals surface area contributed by atoms with Crippen LogP contribution < -0.4 is 16.5 Å². The monoisotopic (exact) mass is 347 g/mol. The minimum absolute atomic E-state index is 0.101. The zero-order chi connectivity index (χ0) is 18.1. The Labute approximate surface area is 146 Å². The van der Waals surface area contributed by atoms with Gasteiger partial charge in [-0.25, -0.2) is 14.8 Å². The molecule has 2 N–H and O–H groups in total. The Kier molecular flexibility index (Phi) is 3.77. The molecule has 26 heavy (non-hydrogen) atoms. The Balaban J connectivity index is 1.65. The summed E-state index contributed by atoms with van der Waals surface area (Å²) in [5.41, 5.74) is 2.78. The van der Waals surface area contributed by atoms with E-state index in [1.807, 2.05) is 0 Å². The van der Waals surface area contributed by atoms with Crippen molar-refractivity contribution in [2.24, 2.45) is 0 Å². The minimum atomic E-state index is -0.450. The molecule has 8 heteroatoms. The summed E-state index contributed by atoms with van der Waals surface area (Å²) in [7, 11) is 0. The molecule has 0 unspecified atom stereocenters. The van der Waals surface area contributed by atoms with Gasteiger partial charge in [0.1, 0.15) is 6.33 Å². The topological polar surface area (TPSA) is 110 Å². The molecule has 128 valence electrons. The summed E-state index contributed by atoms with van der Waals surface area (Å²) < 4.78 is 1.04. The zero-order valence-electron chi connectivity index (χ0n) is 13.5. The van der Waals surface area contributed by atoms with Gasteiger partial charge in [0.05, 0.1) is 28.4 Å². The first-order valence-corrected chi connectivity index (χ1v) is 7.86. The molecule has 4 aromatic rings. The molecule has 0 aliphatic rings. The van der Waals surface area contributed by atoms with Crippen LogP contribution in [0.1, 0.15) is 5.69 Å². The van der Waals surface area contributed by atoms with Crippen molar-refractivity contribution in [3.05, 3.63) is 81.3 Å². The van der Waals surface area contributed by atoms with Crippen LogP contribution in [0.5, 0.6) is 0 Å². The second-order valence-electron chi connectivity index (χ2n) is 5.69. The number of benzene rings is 2. The lowest BCUT2D eigenvalue weighted by Crippen LogP contribution is -2.34. The largest absolute Gasteiger partial charge is 0.280 e. The molecule has 0 aliphatic carbocycles. The van der Waals surface area contributed by atoms with Gasteiger partial charge < -0.3 is 0 Å². The van der Waals surface area contributed by atoms with Crippen molar-refractivity contribution >= 4 is 27.6 Å². The molecule has 0 bridgehead atoms. The smallest absolute Gasteiger partial charge is 0.273 e. The van der Waals surface area contributed by atoms with Gasteiger partial charge in [-0.2, -0.15) is 5.10 Å². The Bertz CT molecular complexity index is 1260. The van der Waals surface area contributed by atoms with Crippen molar-refractivity contribution < 1.29 is 4.79 Å². The highest BCUT2D eigenvalue weighted by atomic mass is 16.2. The molecule has 0 radical (unpaired) electrons. The van der Waals surface area contributed by atoms with Gasteiger partial charge in [0.15, 0.2) is 0 Å². The van der Waals surface area contributed by atoms with Crippen LogP contribution in [0.25, 0.3) is 21.7 Å². The normalized spacial score (nSPS) is 10.9. The number of aromatic nitrogens is 4. The summed E-state index contributed by atoms with van der Waals surface area (Å²) in [6, 6.07) is 13.8. The molecule has 2 aromatic heterocycles. The third-order valence-electron chi connectivity index (χ3n) is 4.01. The van der Waals surface area contributed by atoms with E-state index in [0.717, 1.165) is 4.68 Å². The van der Waals surface area contributed by atoms with Gasteiger partial charge in [-0.1, -0.05) is 30.3 Å². The molecule has 0 fully saturated rings. The van der Waals surface area contributed by atoms with E-state index in [2.05, 4.69) is 20.6 Å². The zero-order valence-corrected chi connectivity index (χ0v) is 13.5. The highest BCUT2D eigenvalue weighted by Gasteiger charge is 2.12. The summed E-state index contributed by atoms with van der Waals surface area (Å²) in [4.78, 5) is 40.7. The first-order valence-electron chi connectivity index (χ1n) is 7.86. The number of rotatable bonds is 3. The van der Waals surface area contributed by atoms with Gasteiger partial charge in [-0.15, -0.1) is 0 Å². The number of nitrogens with zero attached hydrogens (tertiary/aromatic N) is 3. The molecule has 2 aromatic carbocycles. The predicted octanol–water partition coefficient (Wildman–Crippen LogP) is 0.946. The van der Waals surface area contributed by atoms with Gasteiger partial charge in [-0.3, -0.25) is 19.8 Å². The second-order valence-corrected chi connectivity index (χ2v) is 5.69. The molecule has 4 rings (SSSR count). The Morgan fingerprint density at radius 2 is 1.69 bits per heavy atom. The maximum absolute atomic E-state index is 12.4. The number of fused-ring (bicyclic) bond motifs is 2. The number of nitrogens with one attached hydrogen (secondary N) is 2. The Morgan fingerprint density at radius 3 is 2.50 bits per heavy atom. The summed E-state index contributed by atoms with van der Waals surface area (Å²) in [6.45, 7) is 0. The van der Waals surface area contributed by atoms with Gasteiger partial charge >= 0.3 is 0 Å². The van der Waals surface area contributed by atoms with Crippen LogP contribution >= 0.6 is 0 Å². The SMILES string of the molecule is O=C(Cc1n[nH]c(=O)c2ccccc12)Nn1cnc2ccccc2c1=O. The molecular weight excluding hydrogens is 334 g/mol. The van der Waals surface area contributed by atoms with Crippen molar-refractivity contribution in [1.82, 2.24) is 19.9 Å². The van der Waals surface area contributed by atoms with Crippen LogP contribution in [0.4, 0.5) is 0 Å². The lowest BCUT2D eigenvalue weighted by Gasteiger charge is -2.09. The minimum Gasteiger partial charge on any atom is -0.273 e. The number of amides is 1. The molecule has 0 spiro atoms. The average Bonchev–Trinajstić information content (AvgIpc) is 2.67. The van der Waals surface area contributed by atoms with Crippen molar-refractivity contribution in [3.63, 3.8) is 0 Å². The van der Waals surface area contributed by atoms with Crippen LogP contribution in [-0.2, 0) is 11.2 Å². The third kappa shape index (κ3) is 2.73. The summed E-state index contributed by atoms with van der Waals surface area (Å²) in [5, 5.41) is 7.79. The summed E-state index contributed by atoms with van der Waals surface area (Å²) in [5.74, 6) is -0.450. The molecule has 0 aliphatic heterocycles. The predicted molar refractivity (Wildman–Crippen MR) is 96.4 cm³/mol. The number of carbonyl (C=O) groups is 1. The van der Waals surface area contributed by atoms with Crippen LogP contribution in [-0.4, -0.2) is 25.8 Å². The molecule has 0 atom stereocenters. The number of para-hydroxylation sites is 1. The first kappa shape index (κ1) is 15.7. The van der Waals surface area contributed by atoms with E-state index in [1.165, 1.54) is 6.33 Å². The molecule has 2 heterocycles.